The topological polar surface area (TPSA) is 29.5 Å². The first-order chi connectivity index (χ1) is 6.24. The summed E-state index contributed by atoms with van der Waals surface area (Å²) in [4.78, 5) is 16.4. The zero-order valence-electron chi connectivity index (χ0n) is 8.12. The molecule has 1 saturated heterocycles. The molecule has 0 aromatic rings. The van der Waals surface area contributed by atoms with Crippen LogP contribution in [0.1, 0.15) is 20.3 Å². The predicted octanol–water partition coefficient (Wildman–Crippen LogP) is 1.67. The smallest absolute Gasteiger partial charge is 0.270 e. The first-order valence-electron chi connectivity index (χ1n) is 4.49. The SMILES string of the molecule is C/C=C(C)\C=C\C(=O)N1CCCO1. The van der Waals surface area contributed by atoms with Gasteiger partial charge in [-0.1, -0.05) is 17.7 Å². The number of hydroxylamine groups is 2. The van der Waals surface area contributed by atoms with Crippen molar-refractivity contribution in [2.45, 2.75) is 20.3 Å². The molecule has 13 heavy (non-hydrogen) atoms. The van der Waals surface area contributed by atoms with Crippen LogP contribution in [0.2, 0.25) is 0 Å². The third kappa shape index (κ3) is 3.03. The standard InChI is InChI=1S/C10H15NO2/c1-3-9(2)5-6-10(12)11-7-4-8-13-11/h3,5-6H,4,7-8H2,1-2H3/b6-5+,9-3-. The molecule has 0 aromatic heterocycles. The molecule has 0 aromatic carbocycles. The van der Waals surface area contributed by atoms with E-state index >= 15 is 0 Å². The maximum absolute atomic E-state index is 11.4. The second-order valence-corrected chi connectivity index (χ2v) is 2.99. The van der Waals surface area contributed by atoms with Crippen molar-refractivity contribution < 1.29 is 9.63 Å². The van der Waals surface area contributed by atoms with E-state index in [4.69, 9.17) is 4.84 Å². The molecule has 3 nitrogen and oxygen atoms in total. The Kier molecular flexibility index (Phi) is 3.71. The molecule has 0 atom stereocenters. The predicted molar refractivity (Wildman–Crippen MR) is 50.9 cm³/mol. The monoisotopic (exact) mass is 181 g/mol. The minimum atomic E-state index is -0.0706. The average Bonchev–Trinajstić information content (AvgIpc) is 2.66. The van der Waals surface area contributed by atoms with Crippen LogP contribution in [-0.4, -0.2) is 24.1 Å². The number of rotatable bonds is 2. The van der Waals surface area contributed by atoms with Crippen LogP contribution in [0.25, 0.3) is 0 Å². The Morgan fingerprint density at radius 3 is 2.77 bits per heavy atom. The molecule has 0 aliphatic carbocycles. The Balaban J connectivity index is 2.44. The van der Waals surface area contributed by atoms with Crippen molar-refractivity contribution in [1.82, 2.24) is 5.06 Å². The first-order valence-corrected chi connectivity index (χ1v) is 4.49. The quantitative estimate of drug-likeness (QED) is 0.479. The molecule has 72 valence electrons. The molecule has 3 heteroatoms. The van der Waals surface area contributed by atoms with Crippen LogP contribution in [0.5, 0.6) is 0 Å². The van der Waals surface area contributed by atoms with E-state index in [1.807, 2.05) is 19.9 Å². The van der Waals surface area contributed by atoms with Crippen molar-refractivity contribution in [3.63, 3.8) is 0 Å². The summed E-state index contributed by atoms with van der Waals surface area (Å²) < 4.78 is 0. The van der Waals surface area contributed by atoms with E-state index in [0.29, 0.717) is 13.2 Å². The van der Waals surface area contributed by atoms with Crippen LogP contribution < -0.4 is 0 Å². The maximum Gasteiger partial charge on any atom is 0.270 e. The Hall–Kier alpha value is -1.09. The molecule has 1 aliphatic rings. The van der Waals surface area contributed by atoms with Crippen LogP contribution in [0.3, 0.4) is 0 Å². The van der Waals surface area contributed by atoms with Gasteiger partial charge in [-0.2, -0.15) is 0 Å². The van der Waals surface area contributed by atoms with Crippen LogP contribution in [0, 0.1) is 0 Å². The second kappa shape index (κ2) is 4.82. The number of nitrogens with zero attached hydrogens (tertiary/aromatic N) is 1. The highest BCUT2D eigenvalue weighted by Gasteiger charge is 2.16. The Labute approximate surface area is 78.6 Å². The molecule has 0 N–H and O–H groups in total. The van der Waals surface area contributed by atoms with Crippen molar-refractivity contribution in [2.75, 3.05) is 13.2 Å². The number of carbonyl (C=O) groups is 1. The summed E-state index contributed by atoms with van der Waals surface area (Å²) in [5.74, 6) is -0.0706. The van der Waals surface area contributed by atoms with Crippen molar-refractivity contribution in [1.29, 1.82) is 0 Å². The zero-order valence-corrected chi connectivity index (χ0v) is 8.12. The fourth-order valence-corrected chi connectivity index (χ4v) is 1.00. The maximum atomic E-state index is 11.4. The van der Waals surface area contributed by atoms with Crippen LogP contribution in [-0.2, 0) is 9.63 Å². The van der Waals surface area contributed by atoms with E-state index in [2.05, 4.69) is 0 Å². The van der Waals surface area contributed by atoms with Gasteiger partial charge in [-0.05, 0) is 20.3 Å². The first kappa shape index (κ1) is 9.99. The van der Waals surface area contributed by atoms with Crippen LogP contribution >= 0.6 is 0 Å². The van der Waals surface area contributed by atoms with Gasteiger partial charge in [0.05, 0.1) is 13.2 Å². The number of allylic oxidation sites excluding steroid dienone is 3. The van der Waals surface area contributed by atoms with Crippen molar-refractivity contribution in [3.8, 4) is 0 Å². The fraction of sp³-hybridized carbons (Fsp3) is 0.500. The minimum Gasteiger partial charge on any atom is -0.271 e. The van der Waals surface area contributed by atoms with Gasteiger partial charge in [0.1, 0.15) is 0 Å². The molecule has 1 fully saturated rings. The van der Waals surface area contributed by atoms with Gasteiger partial charge in [0.25, 0.3) is 5.91 Å². The fourth-order valence-electron chi connectivity index (χ4n) is 1.00. The zero-order chi connectivity index (χ0) is 9.68. The lowest BCUT2D eigenvalue weighted by Crippen LogP contribution is -2.24. The molecule has 0 saturated carbocycles. The summed E-state index contributed by atoms with van der Waals surface area (Å²) in [7, 11) is 0. The summed E-state index contributed by atoms with van der Waals surface area (Å²) in [5, 5.41) is 1.40. The molecule has 1 amide bonds. The molecule has 1 aliphatic heterocycles. The normalized spacial score (nSPS) is 18.6. The Morgan fingerprint density at radius 2 is 2.23 bits per heavy atom. The summed E-state index contributed by atoms with van der Waals surface area (Å²) in [6, 6.07) is 0. The highest BCUT2D eigenvalue weighted by molar-refractivity contribution is 5.87. The molecule has 0 unspecified atom stereocenters. The number of hydrogen-bond acceptors (Lipinski definition) is 2. The summed E-state index contributed by atoms with van der Waals surface area (Å²) in [6.07, 6.45) is 6.22. The van der Waals surface area contributed by atoms with Gasteiger partial charge in [-0.15, -0.1) is 0 Å². The summed E-state index contributed by atoms with van der Waals surface area (Å²) >= 11 is 0. The number of hydrogen-bond donors (Lipinski definition) is 0. The lowest BCUT2D eigenvalue weighted by Gasteiger charge is -2.10. The summed E-state index contributed by atoms with van der Waals surface area (Å²) in [5.41, 5.74) is 1.08. The summed E-state index contributed by atoms with van der Waals surface area (Å²) in [6.45, 7) is 5.26. The largest absolute Gasteiger partial charge is 0.271 e. The molecular weight excluding hydrogens is 166 g/mol. The third-order valence-electron chi connectivity index (χ3n) is 1.94. The molecule has 0 bridgehead atoms. The van der Waals surface area contributed by atoms with E-state index in [1.165, 1.54) is 5.06 Å². The van der Waals surface area contributed by atoms with E-state index in [0.717, 1.165) is 12.0 Å². The highest BCUT2D eigenvalue weighted by Crippen LogP contribution is 2.05. The third-order valence-corrected chi connectivity index (χ3v) is 1.94. The molecule has 0 radical (unpaired) electrons. The lowest BCUT2D eigenvalue weighted by atomic mass is 10.2. The highest BCUT2D eigenvalue weighted by atomic mass is 16.7. The van der Waals surface area contributed by atoms with E-state index in [9.17, 15) is 4.79 Å². The van der Waals surface area contributed by atoms with E-state index in [1.54, 1.807) is 12.2 Å². The molecular formula is C10H15NO2. The van der Waals surface area contributed by atoms with Crippen LogP contribution in [0.15, 0.2) is 23.8 Å². The molecule has 0 spiro atoms. The molecule has 1 heterocycles. The van der Waals surface area contributed by atoms with Gasteiger partial charge in [0, 0.05) is 6.08 Å². The van der Waals surface area contributed by atoms with Gasteiger partial charge in [-0.3, -0.25) is 9.63 Å². The van der Waals surface area contributed by atoms with Gasteiger partial charge < -0.3 is 0 Å². The van der Waals surface area contributed by atoms with E-state index in [-0.39, 0.29) is 5.91 Å². The van der Waals surface area contributed by atoms with Crippen molar-refractivity contribution in [3.05, 3.63) is 23.8 Å². The van der Waals surface area contributed by atoms with Crippen LogP contribution in [0.4, 0.5) is 0 Å². The van der Waals surface area contributed by atoms with Gasteiger partial charge in [-0.25, -0.2) is 5.06 Å². The second-order valence-electron chi connectivity index (χ2n) is 2.99. The van der Waals surface area contributed by atoms with Gasteiger partial charge >= 0.3 is 0 Å². The van der Waals surface area contributed by atoms with E-state index < -0.39 is 0 Å². The van der Waals surface area contributed by atoms with Gasteiger partial charge in [0.2, 0.25) is 0 Å². The lowest BCUT2D eigenvalue weighted by molar-refractivity contribution is -0.162. The number of amides is 1. The number of carbonyl (C=O) groups excluding carboxylic acids is 1. The van der Waals surface area contributed by atoms with Crippen molar-refractivity contribution >= 4 is 5.91 Å². The Bertz CT molecular complexity index is 237. The van der Waals surface area contributed by atoms with Crippen molar-refractivity contribution in [2.24, 2.45) is 0 Å². The Morgan fingerprint density at radius 1 is 1.46 bits per heavy atom. The van der Waals surface area contributed by atoms with Gasteiger partial charge in [0.15, 0.2) is 0 Å². The minimum absolute atomic E-state index is 0.0706. The average molecular weight is 181 g/mol. The molecule has 1 rings (SSSR count).